The Bertz CT molecular complexity index is 419. The summed E-state index contributed by atoms with van der Waals surface area (Å²) in [5.41, 5.74) is 1.54. The lowest BCUT2D eigenvalue weighted by atomic mass is 9.84. The van der Waals surface area contributed by atoms with Crippen LogP contribution < -0.4 is 0 Å². The lowest BCUT2D eigenvalue weighted by molar-refractivity contribution is 0.0814. The predicted octanol–water partition coefficient (Wildman–Crippen LogP) is 2.01. The maximum absolute atomic E-state index is 10.9. The van der Waals surface area contributed by atoms with E-state index >= 15 is 0 Å². The number of carbonyl (C=O) groups is 1. The molecule has 0 aromatic heterocycles. The van der Waals surface area contributed by atoms with Crippen LogP contribution in [0.3, 0.4) is 0 Å². The molecule has 0 spiro atoms. The summed E-state index contributed by atoms with van der Waals surface area (Å²) < 4.78 is 5.23. The maximum atomic E-state index is 10.9. The first-order valence-corrected chi connectivity index (χ1v) is 5.90. The van der Waals surface area contributed by atoms with E-state index in [0.717, 1.165) is 11.1 Å². The highest BCUT2D eigenvalue weighted by molar-refractivity contribution is 5.80. The molecule has 0 heterocycles. The van der Waals surface area contributed by atoms with Crippen LogP contribution in [0.25, 0.3) is 0 Å². The summed E-state index contributed by atoms with van der Waals surface area (Å²) >= 11 is 0. The molecule has 0 aliphatic rings. The molecule has 0 amide bonds. The summed E-state index contributed by atoms with van der Waals surface area (Å²) in [5, 5.41) is 18.7. The molecule has 0 saturated heterocycles. The van der Waals surface area contributed by atoms with Gasteiger partial charge in [0.15, 0.2) is 6.29 Å². The van der Waals surface area contributed by atoms with Crippen molar-refractivity contribution in [2.45, 2.75) is 32.8 Å². The van der Waals surface area contributed by atoms with E-state index in [1.807, 2.05) is 26.8 Å². The Kier molecular flexibility index (Phi) is 4.87. The zero-order valence-electron chi connectivity index (χ0n) is 11.1. The number of carbonyl (C=O) groups excluding carboxylic acids is 1. The number of rotatable bonds is 5. The Labute approximate surface area is 107 Å². The average molecular weight is 252 g/mol. The lowest BCUT2D eigenvalue weighted by Crippen LogP contribution is -2.13. The number of phenols is 1. The van der Waals surface area contributed by atoms with Crippen molar-refractivity contribution < 1.29 is 19.7 Å². The van der Waals surface area contributed by atoms with Gasteiger partial charge in [-0.1, -0.05) is 20.8 Å². The van der Waals surface area contributed by atoms with Crippen LogP contribution >= 0.6 is 0 Å². The van der Waals surface area contributed by atoms with Crippen LogP contribution in [0.5, 0.6) is 5.75 Å². The molecule has 100 valence electrons. The number of aldehydes is 1. The normalized spacial score (nSPS) is 11.6. The molecule has 0 bridgehead atoms. The van der Waals surface area contributed by atoms with Gasteiger partial charge >= 0.3 is 0 Å². The molecule has 1 rings (SSSR count). The predicted molar refractivity (Wildman–Crippen MR) is 68.9 cm³/mol. The minimum absolute atomic E-state index is 0.0309. The van der Waals surface area contributed by atoms with Crippen molar-refractivity contribution in [3.05, 3.63) is 28.8 Å². The third-order valence-electron chi connectivity index (χ3n) is 2.64. The molecular weight excluding hydrogens is 232 g/mol. The van der Waals surface area contributed by atoms with Gasteiger partial charge in [-0.25, -0.2) is 0 Å². The molecule has 0 saturated carbocycles. The van der Waals surface area contributed by atoms with Crippen molar-refractivity contribution in [2.75, 3.05) is 13.2 Å². The Balaban J connectivity index is 3.10. The quantitative estimate of drug-likeness (QED) is 0.621. The fourth-order valence-corrected chi connectivity index (χ4v) is 1.72. The summed E-state index contributed by atoms with van der Waals surface area (Å²) in [5.74, 6) is 0.0309. The van der Waals surface area contributed by atoms with Crippen LogP contribution in [0, 0.1) is 0 Å². The first kappa shape index (κ1) is 14.7. The molecule has 0 fully saturated rings. The van der Waals surface area contributed by atoms with E-state index in [9.17, 15) is 9.90 Å². The SMILES string of the molecule is CC(C)(C)c1cc(COCCO)cc(C=O)c1O. The van der Waals surface area contributed by atoms with Crippen LogP contribution in [0.1, 0.15) is 42.3 Å². The average Bonchev–Trinajstić information content (AvgIpc) is 2.29. The molecule has 1 aromatic carbocycles. The molecule has 0 radical (unpaired) electrons. The minimum Gasteiger partial charge on any atom is -0.507 e. The summed E-state index contributed by atoms with van der Waals surface area (Å²) in [6.07, 6.45) is 0.639. The zero-order valence-corrected chi connectivity index (χ0v) is 11.1. The van der Waals surface area contributed by atoms with Gasteiger partial charge in [0.1, 0.15) is 5.75 Å². The van der Waals surface area contributed by atoms with Gasteiger partial charge in [-0.3, -0.25) is 4.79 Å². The molecule has 0 aliphatic carbocycles. The van der Waals surface area contributed by atoms with E-state index in [2.05, 4.69) is 0 Å². The van der Waals surface area contributed by atoms with Crippen molar-refractivity contribution in [3.63, 3.8) is 0 Å². The van der Waals surface area contributed by atoms with E-state index in [1.165, 1.54) is 0 Å². The number of aliphatic hydroxyl groups is 1. The zero-order chi connectivity index (χ0) is 13.8. The van der Waals surface area contributed by atoms with Gasteiger partial charge in [-0.15, -0.1) is 0 Å². The highest BCUT2D eigenvalue weighted by atomic mass is 16.5. The first-order valence-electron chi connectivity index (χ1n) is 5.90. The molecule has 0 atom stereocenters. The van der Waals surface area contributed by atoms with Crippen molar-refractivity contribution >= 4 is 6.29 Å². The second-order valence-corrected chi connectivity index (χ2v) is 5.23. The minimum atomic E-state index is -0.255. The highest BCUT2D eigenvalue weighted by Gasteiger charge is 2.21. The summed E-state index contributed by atoms with van der Waals surface area (Å²) in [6, 6.07) is 3.44. The van der Waals surface area contributed by atoms with Crippen LogP contribution in [0.2, 0.25) is 0 Å². The largest absolute Gasteiger partial charge is 0.507 e. The standard InChI is InChI=1S/C14H20O4/c1-14(2,3)12-7-10(9-18-5-4-15)6-11(8-16)13(12)17/h6-8,15,17H,4-5,9H2,1-3H3. The summed E-state index contributed by atoms with van der Waals surface area (Å²) in [4.78, 5) is 10.9. The van der Waals surface area contributed by atoms with Crippen molar-refractivity contribution in [2.24, 2.45) is 0 Å². The first-order chi connectivity index (χ1) is 8.40. The fourth-order valence-electron chi connectivity index (χ4n) is 1.72. The topological polar surface area (TPSA) is 66.8 Å². The van der Waals surface area contributed by atoms with Gasteiger partial charge < -0.3 is 14.9 Å². The van der Waals surface area contributed by atoms with Gasteiger partial charge in [0.2, 0.25) is 0 Å². The van der Waals surface area contributed by atoms with Crippen LogP contribution in [0.15, 0.2) is 12.1 Å². The van der Waals surface area contributed by atoms with Crippen molar-refractivity contribution in [1.82, 2.24) is 0 Å². The molecule has 2 N–H and O–H groups in total. The van der Waals surface area contributed by atoms with Gasteiger partial charge in [0.05, 0.1) is 25.4 Å². The number of ether oxygens (including phenoxy) is 1. The second kappa shape index (κ2) is 5.98. The van der Waals surface area contributed by atoms with Gasteiger partial charge in [0, 0.05) is 5.56 Å². The van der Waals surface area contributed by atoms with Gasteiger partial charge in [-0.05, 0) is 23.1 Å². The van der Waals surface area contributed by atoms with E-state index in [1.54, 1.807) is 6.07 Å². The number of hydrogen-bond donors (Lipinski definition) is 2. The number of phenolic OH excluding ortho intramolecular Hbond substituents is 1. The third kappa shape index (κ3) is 3.55. The number of aliphatic hydroxyl groups excluding tert-OH is 1. The number of benzene rings is 1. The molecule has 4 nitrogen and oxygen atoms in total. The van der Waals surface area contributed by atoms with E-state index in [-0.39, 0.29) is 29.9 Å². The van der Waals surface area contributed by atoms with Crippen LogP contribution in [-0.4, -0.2) is 29.7 Å². The molecular formula is C14H20O4. The van der Waals surface area contributed by atoms with Crippen LogP contribution in [-0.2, 0) is 16.8 Å². The number of hydrogen-bond acceptors (Lipinski definition) is 4. The van der Waals surface area contributed by atoms with Crippen LogP contribution in [0.4, 0.5) is 0 Å². The smallest absolute Gasteiger partial charge is 0.153 e. The summed E-state index contributed by atoms with van der Waals surface area (Å²) in [7, 11) is 0. The lowest BCUT2D eigenvalue weighted by Gasteiger charge is -2.22. The Morgan fingerprint density at radius 1 is 1.33 bits per heavy atom. The number of aromatic hydroxyl groups is 1. The Morgan fingerprint density at radius 3 is 2.50 bits per heavy atom. The molecule has 18 heavy (non-hydrogen) atoms. The molecule has 4 heteroatoms. The Morgan fingerprint density at radius 2 is 2.00 bits per heavy atom. The van der Waals surface area contributed by atoms with Crippen molar-refractivity contribution in [3.8, 4) is 5.75 Å². The highest BCUT2D eigenvalue weighted by Crippen LogP contribution is 2.33. The van der Waals surface area contributed by atoms with E-state index in [4.69, 9.17) is 9.84 Å². The molecule has 0 aliphatic heterocycles. The van der Waals surface area contributed by atoms with Gasteiger partial charge in [0.25, 0.3) is 0 Å². The van der Waals surface area contributed by atoms with E-state index in [0.29, 0.717) is 12.9 Å². The monoisotopic (exact) mass is 252 g/mol. The van der Waals surface area contributed by atoms with E-state index < -0.39 is 0 Å². The van der Waals surface area contributed by atoms with Crippen molar-refractivity contribution in [1.29, 1.82) is 0 Å². The molecule has 0 unspecified atom stereocenters. The molecule has 1 aromatic rings. The fraction of sp³-hybridized carbons (Fsp3) is 0.500. The Hall–Kier alpha value is -1.39. The van der Waals surface area contributed by atoms with Gasteiger partial charge in [-0.2, -0.15) is 0 Å². The third-order valence-corrected chi connectivity index (χ3v) is 2.64. The summed E-state index contributed by atoms with van der Waals surface area (Å²) in [6.45, 7) is 6.43. The second-order valence-electron chi connectivity index (χ2n) is 5.23. The maximum Gasteiger partial charge on any atom is 0.153 e.